The predicted octanol–water partition coefficient (Wildman–Crippen LogP) is 3.99. The second-order valence-electron chi connectivity index (χ2n) is 6.16. The highest BCUT2D eigenvalue weighted by molar-refractivity contribution is 7.93. The Labute approximate surface area is 177 Å². The number of ether oxygens (including phenoxy) is 1. The van der Waals surface area contributed by atoms with E-state index in [1.54, 1.807) is 18.2 Å². The number of nitrogens with one attached hydrogen (secondary N) is 2. The maximum absolute atomic E-state index is 13.0. The summed E-state index contributed by atoms with van der Waals surface area (Å²) in [5, 5.41) is 15.1. The molecule has 0 radical (unpaired) electrons. The molecule has 31 heavy (non-hydrogen) atoms. The number of anilines is 2. The van der Waals surface area contributed by atoms with E-state index in [9.17, 15) is 22.9 Å². The summed E-state index contributed by atoms with van der Waals surface area (Å²) >= 11 is 0. The number of methoxy groups -OCH3 is 1. The first-order valence-electron chi connectivity index (χ1n) is 8.79. The minimum atomic E-state index is -4.25. The number of para-hydroxylation sites is 2. The fraction of sp³-hybridized carbons (Fsp3) is 0.0500. The van der Waals surface area contributed by atoms with Gasteiger partial charge in [0.15, 0.2) is 0 Å². The highest BCUT2D eigenvalue weighted by Crippen LogP contribution is 2.31. The third-order valence-electron chi connectivity index (χ3n) is 4.09. The molecule has 0 unspecified atom stereocenters. The van der Waals surface area contributed by atoms with Gasteiger partial charge in [0, 0.05) is 12.1 Å². The Bertz CT molecular complexity index is 1230. The smallest absolute Gasteiger partial charge is 0.270 e. The lowest BCUT2D eigenvalue weighted by molar-refractivity contribution is -0.385. The summed E-state index contributed by atoms with van der Waals surface area (Å²) in [6.07, 6.45) is 1.35. The molecule has 0 atom stereocenters. The van der Waals surface area contributed by atoms with Gasteiger partial charge in [-0.1, -0.05) is 24.3 Å². The van der Waals surface area contributed by atoms with Crippen LogP contribution in [-0.4, -0.2) is 26.7 Å². The van der Waals surface area contributed by atoms with Gasteiger partial charge in [0.2, 0.25) is 0 Å². The Morgan fingerprint density at radius 1 is 1.06 bits per heavy atom. The molecule has 160 valence electrons. The van der Waals surface area contributed by atoms with Crippen molar-refractivity contribution in [1.82, 2.24) is 0 Å². The van der Waals surface area contributed by atoms with Crippen molar-refractivity contribution in [3.8, 4) is 5.75 Å². The molecule has 0 aliphatic rings. The van der Waals surface area contributed by atoms with Crippen molar-refractivity contribution < 1.29 is 22.5 Å². The highest BCUT2D eigenvalue weighted by atomic mass is 32.2. The van der Waals surface area contributed by atoms with Crippen molar-refractivity contribution in [1.29, 1.82) is 0 Å². The summed E-state index contributed by atoms with van der Waals surface area (Å²) in [6.45, 7) is 0. The van der Waals surface area contributed by atoms with Crippen LogP contribution in [0.2, 0.25) is 0 Å². The Hall–Kier alpha value is -3.99. The summed E-state index contributed by atoms with van der Waals surface area (Å²) in [5.74, 6) is -0.128. The van der Waals surface area contributed by atoms with Crippen molar-refractivity contribution in [2.24, 2.45) is 5.10 Å². The second-order valence-corrected chi connectivity index (χ2v) is 7.82. The Balaban J connectivity index is 1.95. The molecule has 2 N–H and O–H groups in total. The molecule has 3 aromatic carbocycles. The Kier molecular flexibility index (Phi) is 6.46. The number of nitro groups is 1. The van der Waals surface area contributed by atoms with Crippen LogP contribution < -0.4 is 14.9 Å². The fourth-order valence-corrected chi connectivity index (χ4v) is 3.84. The van der Waals surface area contributed by atoms with Gasteiger partial charge in [0.25, 0.3) is 15.7 Å². The number of halogens is 1. The van der Waals surface area contributed by atoms with E-state index in [2.05, 4.69) is 15.2 Å². The second kappa shape index (κ2) is 9.22. The van der Waals surface area contributed by atoms with Crippen LogP contribution >= 0.6 is 0 Å². The van der Waals surface area contributed by atoms with Crippen LogP contribution in [0.5, 0.6) is 5.75 Å². The molecule has 3 aromatic rings. The first-order chi connectivity index (χ1) is 14.8. The lowest BCUT2D eigenvalue weighted by Crippen LogP contribution is -2.15. The largest absolute Gasteiger partial charge is 0.495 e. The minimum Gasteiger partial charge on any atom is -0.495 e. The highest BCUT2D eigenvalue weighted by Gasteiger charge is 2.23. The summed E-state index contributed by atoms with van der Waals surface area (Å²) < 4.78 is 46.5. The first-order valence-corrected chi connectivity index (χ1v) is 10.3. The Morgan fingerprint density at radius 2 is 1.77 bits per heavy atom. The van der Waals surface area contributed by atoms with E-state index in [-0.39, 0.29) is 22.0 Å². The lowest BCUT2D eigenvalue weighted by Gasteiger charge is -2.14. The van der Waals surface area contributed by atoms with Gasteiger partial charge in [-0.3, -0.25) is 20.3 Å². The van der Waals surface area contributed by atoms with Gasteiger partial charge >= 0.3 is 0 Å². The third-order valence-corrected chi connectivity index (χ3v) is 5.49. The summed E-state index contributed by atoms with van der Waals surface area (Å²) in [6, 6.07) is 15.1. The SMILES string of the molecule is COc1ccccc1NS(=O)(=O)c1cc([N+](=O)[O-])ccc1N/N=C\c1ccc(F)cc1. The minimum absolute atomic E-state index is 0.00589. The maximum Gasteiger partial charge on any atom is 0.270 e. The topological polar surface area (TPSA) is 123 Å². The molecule has 0 spiro atoms. The van der Waals surface area contributed by atoms with Gasteiger partial charge in [-0.05, 0) is 35.9 Å². The molecule has 0 saturated carbocycles. The van der Waals surface area contributed by atoms with Crippen LogP contribution in [0.1, 0.15) is 5.56 Å². The zero-order chi connectivity index (χ0) is 22.4. The van der Waals surface area contributed by atoms with E-state index in [1.807, 2.05) is 0 Å². The number of hydrogen-bond donors (Lipinski definition) is 2. The average Bonchev–Trinajstić information content (AvgIpc) is 2.75. The molecule has 9 nitrogen and oxygen atoms in total. The summed E-state index contributed by atoms with van der Waals surface area (Å²) in [4.78, 5) is 10.1. The van der Waals surface area contributed by atoms with E-state index in [1.165, 1.54) is 49.7 Å². The number of benzene rings is 3. The quantitative estimate of drug-likeness (QED) is 0.308. The molecular formula is C20H17FN4O5S. The predicted molar refractivity (Wildman–Crippen MR) is 115 cm³/mol. The van der Waals surface area contributed by atoms with E-state index < -0.39 is 26.5 Å². The van der Waals surface area contributed by atoms with Crippen molar-refractivity contribution in [3.63, 3.8) is 0 Å². The molecule has 0 aliphatic carbocycles. The number of non-ortho nitro benzene ring substituents is 1. The van der Waals surface area contributed by atoms with Crippen LogP contribution in [0.15, 0.2) is 76.7 Å². The molecule has 0 aliphatic heterocycles. The average molecular weight is 444 g/mol. The number of nitro benzene ring substituents is 1. The van der Waals surface area contributed by atoms with Crippen LogP contribution in [0.4, 0.5) is 21.5 Å². The number of hydrogen-bond acceptors (Lipinski definition) is 7. The lowest BCUT2D eigenvalue weighted by atomic mass is 10.2. The number of sulfonamides is 1. The van der Waals surface area contributed by atoms with Crippen LogP contribution in [0, 0.1) is 15.9 Å². The van der Waals surface area contributed by atoms with E-state index in [0.717, 1.165) is 12.1 Å². The normalized spacial score (nSPS) is 11.3. The molecular weight excluding hydrogens is 427 g/mol. The van der Waals surface area contributed by atoms with Gasteiger partial charge in [-0.25, -0.2) is 12.8 Å². The monoisotopic (exact) mass is 444 g/mol. The standard InChI is InChI=1S/C20H17FN4O5S/c1-30-19-5-3-2-4-17(19)24-31(28,29)20-12-16(25(26)27)10-11-18(20)23-22-13-14-6-8-15(21)9-7-14/h2-13,23-24H,1H3/b22-13-. The van der Waals surface area contributed by atoms with Crippen LogP contribution in [0.3, 0.4) is 0 Å². The summed E-state index contributed by atoms with van der Waals surface area (Å²) in [7, 11) is -2.87. The zero-order valence-electron chi connectivity index (χ0n) is 16.2. The molecule has 11 heteroatoms. The molecule has 0 aromatic heterocycles. The fourth-order valence-electron chi connectivity index (χ4n) is 2.59. The van der Waals surface area contributed by atoms with E-state index in [4.69, 9.17) is 4.74 Å². The van der Waals surface area contributed by atoms with E-state index in [0.29, 0.717) is 5.56 Å². The van der Waals surface area contributed by atoms with Crippen molar-refractivity contribution in [3.05, 3.63) is 88.2 Å². The van der Waals surface area contributed by atoms with Gasteiger partial charge in [0.1, 0.15) is 16.5 Å². The number of nitrogens with zero attached hydrogens (tertiary/aromatic N) is 2. The molecule has 0 saturated heterocycles. The third kappa shape index (κ3) is 5.34. The van der Waals surface area contributed by atoms with Crippen molar-refractivity contribution in [2.75, 3.05) is 17.3 Å². The van der Waals surface area contributed by atoms with Gasteiger partial charge < -0.3 is 4.74 Å². The maximum atomic E-state index is 13.0. The summed E-state index contributed by atoms with van der Waals surface area (Å²) in [5.41, 5.74) is 2.89. The van der Waals surface area contributed by atoms with Crippen molar-refractivity contribution in [2.45, 2.75) is 4.90 Å². The molecule has 0 heterocycles. The van der Waals surface area contributed by atoms with Gasteiger partial charge in [-0.15, -0.1) is 0 Å². The number of hydrazone groups is 1. The van der Waals surface area contributed by atoms with Gasteiger partial charge in [-0.2, -0.15) is 5.10 Å². The molecule has 0 bridgehead atoms. The van der Waals surface area contributed by atoms with Gasteiger partial charge in [0.05, 0.1) is 29.6 Å². The molecule has 0 amide bonds. The number of rotatable bonds is 8. The van der Waals surface area contributed by atoms with Crippen LogP contribution in [-0.2, 0) is 10.0 Å². The first kappa shape index (κ1) is 21.7. The van der Waals surface area contributed by atoms with Crippen molar-refractivity contribution >= 4 is 33.3 Å². The zero-order valence-corrected chi connectivity index (χ0v) is 17.0. The molecule has 3 rings (SSSR count). The van der Waals surface area contributed by atoms with E-state index >= 15 is 0 Å². The van der Waals surface area contributed by atoms with Crippen LogP contribution in [0.25, 0.3) is 0 Å². The Morgan fingerprint density at radius 3 is 2.45 bits per heavy atom. The molecule has 0 fully saturated rings.